The maximum absolute atomic E-state index is 11.2. The molecule has 2 rings (SSSR count). The largest absolute Gasteiger partial charge is 0.426 e. The van der Waals surface area contributed by atoms with Crippen LogP contribution >= 0.6 is 11.6 Å². The summed E-state index contributed by atoms with van der Waals surface area (Å²) in [6, 6.07) is 9.68. The maximum atomic E-state index is 11.2. The standard InChI is InChI=1S/C15H13ClO2/c1-3-11-4-7-14-12(8-11)5-6-13(9-16)15(14)18-10(2)17/h3-8H,1,9H2,2H3. The summed E-state index contributed by atoms with van der Waals surface area (Å²) in [6.45, 7) is 5.12. The Morgan fingerprint density at radius 2 is 2.17 bits per heavy atom. The summed E-state index contributed by atoms with van der Waals surface area (Å²) in [4.78, 5) is 11.2. The van der Waals surface area contributed by atoms with Crippen molar-refractivity contribution in [3.63, 3.8) is 0 Å². The zero-order valence-electron chi connectivity index (χ0n) is 10.1. The molecule has 0 radical (unpaired) electrons. The van der Waals surface area contributed by atoms with Crippen molar-refractivity contribution >= 4 is 34.4 Å². The fraction of sp³-hybridized carbons (Fsp3) is 0.133. The first kappa shape index (κ1) is 12.7. The molecule has 0 saturated carbocycles. The van der Waals surface area contributed by atoms with Crippen molar-refractivity contribution in [2.24, 2.45) is 0 Å². The van der Waals surface area contributed by atoms with Crippen molar-refractivity contribution in [1.29, 1.82) is 0 Å². The summed E-state index contributed by atoms with van der Waals surface area (Å²) in [5, 5.41) is 1.88. The van der Waals surface area contributed by atoms with Gasteiger partial charge in [0.1, 0.15) is 5.75 Å². The molecule has 0 heterocycles. The second-order valence-electron chi connectivity index (χ2n) is 3.97. The molecule has 0 fully saturated rings. The van der Waals surface area contributed by atoms with Crippen LogP contribution in [0.2, 0.25) is 0 Å². The van der Waals surface area contributed by atoms with Crippen LogP contribution in [-0.4, -0.2) is 5.97 Å². The van der Waals surface area contributed by atoms with Crippen LogP contribution in [0.25, 0.3) is 16.8 Å². The monoisotopic (exact) mass is 260 g/mol. The summed E-state index contributed by atoms with van der Waals surface area (Å²) >= 11 is 5.87. The van der Waals surface area contributed by atoms with Gasteiger partial charge in [0, 0.05) is 17.9 Å². The average Bonchev–Trinajstić information content (AvgIpc) is 2.37. The molecule has 0 atom stereocenters. The molecule has 92 valence electrons. The first-order valence-electron chi connectivity index (χ1n) is 5.58. The van der Waals surface area contributed by atoms with E-state index in [1.165, 1.54) is 6.92 Å². The Kier molecular flexibility index (Phi) is 3.68. The molecule has 0 N–H and O–H groups in total. The molecule has 0 aliphatic rings. The maximum Gasteiger partial charge on any atom is 0.308 e. The number of hydrogen-bond donors (Lipinski definition) is 0. The summed E-state index contributed by atoms with van der Waals surface area (Å²) in [5.74, 6) is 0.508. The number of esters is 1. The van der Waals surface area contributed by atoms with Gasteiger partial charge in [-0.15, -0.1) is 11.6 Å². The van der Waals surface area contributed by atoms with Crippen LogP contribution in [0.1, 0.15) is 18.1 Å². The van der Waals surface area contributed by atoms with E-state index in [1.54, 1.807) is 6.08 Å². The summed E-state index contributed by atoms with van der Waals surface area (Å²) in [7, 11) is 0. The van der Waals surface area contributed by atoms with Crippen molar-refractivity contribution in [2.75, 3.05) is 0 Å². The van der Waals surface area contributed by atoms with Crippen LogP contribution in [0.15, 0.2) is 36.9 Å². The Morgan fingerprint density at radius 3 is 2.78 bits per heavy atom. The predicted molar refractivity (Wildman–Crippen MR) is 74.9 cm³/mol. The van der Waals surface area contributed by atoms with E-state index >= 15 is 0 Å². The Bertz CT molecular complexity index is 617. The molecule has 2 nitrogen and oxygen atoms in total. The van der Waals surface area contributed by atoms with E-state index in [-0.39, 0.29) is 5.97 Å². The fourth-order valence-corrected chi connectivity index (χ4v) is 2.07. The molecule has 0 bridgehead atoms. The van der Waals surface area contributed by atoms with Crippen molar-refractivity contribution in [1.82, 2.24) is 0 Å². The van der Waals surface area contributed by atoms with Crippen molar-refractivity contribution in [3.8, 4) is 5.75 Å². The van der Waals surface area contributed by atoms with E-state index in [9.17, 15) is 4.79 Å². The lowest BCUT2D eigenvalue weighted by Crippen LogP contribution is -2.04. The van der Waals surface area contributed by atoms with Crippen molar-refractivity contribution in [2.45, 2.75) is 12.8 Å². The molecule has 0 spiro atoms. The minimum Gasteiger partial charge on any atom is -0.426 e. The number of benzene rings is 2. The summed E-state index contributed by atoms with van der Waals surface area (Å²) in [5.41, 5.74) is 1.83. The van der Waals surface area contributed by atoms with Gasteiger partial charge in [0.2, 0.25) is 0 Å². The van der Waals surface area contributed by atoms with E-state index in [4.69, 9.17) is 16.3 Å². The molecule has 2 aromatic rings. The third-order valence-corrected chi connectivity index (χ3v) is 2.99. The fourth-order valence-electron chi connectivity index (χ4n) is 1.86. The van der Waals surface area contributed by atoms with Gasteiger partial charge in [-0.3, -0.25) is 4.79 Å². The highest BCUT2D eigenvalue weighted by Crippen LogP contribution is 2.32. The predicted octanol–water partition coefficient (Wildman–Crippen LogP) is 4.15. The Labute approximate surface area is 111 Å². The average molecular weight is 261 g/mol. The molecule has 2 aromatic carbocycles. The molecule has 0 aromatic heterocycles. The van der Waals surface area contributed by atoms with E-state index in [0.29, 0.717) is 11.6 Å². The SMILES string of the molecule is C=Cc1ccc2c(OC(C)=O)c(CCl)ccc2c1. The molecule has 0 unspecified atom stereocenters. The Hall–Kier alpha value is -1.80. The molecule has 0 aliphatic carbocycles. The van der Waals surface area contributed by atoms with Gasteiger partial charge < -0.3 is 4.74 Å². The van der Waals surface area contributed by atoms with Crippen molar-refractivity contribution < 1.29 is 9.53 Å². The van der Waals surface area contributed by atoms with Crippen molar-refractivity contribution in [3.05, 3.63) is 48.0 Å². The quantitative estimate of drug-likeness (QED) is 0.471. The van der Waals surface area contributed by atoms with Gasteiger partial charge >= 0.3 is 5.97 Å². The number of carbonyl (C=O) groups is 1. The molecule has 3 heteroatoms. The number of ether oxygens (including phenoxy) is 1. The van der Waals surface area contributed by atoms with Gasteiger partial charge in [-0.25, -0.2) is 0 Å². The molecule has 0 aliphatic heterocycles. The third-order valence-electron chi connectivity index (χ3n) is 2.70. The zero-order valence-corrected chi connectivity index (χ0v) is 10.8. The first-order chi connectivity index (χ1) is 8.65. The van der Waals surface area contributed by atoms with E-state index < -0.39 is 0 Å². The van der Waals surface area contributed by atoms with Gasteiger partial charge in [0.15, 0.2) is 0 Å². The van der Waals surface area contributed by atoms with E-state index in [0.717, 1.165) is 21.9 Å². The number of halogens is 1. The highest BCUT2D eigenvalue weighted by Gasteiger charge is 2.10. The molecular weight excluding hydrogens is 248 g/mol. The third kappa shape index (κ3) is 2.39. The lowest BCUT2D eigenvalue weighted by molar-refractivity contribution is -0.131. The Morgan fingerprint density at radius 1 is 1.39 bits per heavy atom. The minimum atomic E-state index is -0.346. The minimum absolute atomic E-state index is 0.307. The lowest BCUT2D eigenvalue weighted by atomic mass is 10.0. The first-order valence-corrected chi connectivity index (χ1v) is 6.11. The highest BCUT2D eigenvalue weighted by molar-refractivity contribution is 6.17. The van der Waals surface area contributed by atoms with Gasteiger partial charge in [0.05, 0.1) is 5.88 Å². The number of fused-ring (bicyclic) bond motifs is 1. The van der Waals surface area contributed by atoms with Crippen LogP contribution in [0.5, 0.6) is 5.75 Å². The number of rotatable bonds is 3. The van der Waals surface area contributed by atoms with Crippen LogP contribution in [0, 0.1) is 0 Å². The smallest absolute Gasteiger partial charge is 0.308 e. The summed E-state index contributed by atoms with van der Waals surface area (Å²) < 4.78 is 5.27. The van der Waals surface area contributed by atoms with Gasteiger partial charge in [-0.2, -0.15) is 0 Å². The topological polar surface area (TPSA) is 26.3 Å². The van der Waals surface area contributed by atoms with E-state index in [2.05, 4.69) is 6.58 Å². The number of alkyl halides is 1. The van der Waals surface area contributed by atoms with Crippen LogP contribution in [0.3, 0.4) is 0 Å². The van der Waals surface area contributed by atoms with Gasteiger partial charge in [-0.1, -0.05) is 36.9 Å². The molecule has 0 saturated heterocycles. The lowest BCUT2D eigenvalue weighted by Gasteiger charge is -2.11. The zero-order chi connectivity index (χ0) is 13.1. The van der Waals surface area contributed by atoms with Gasteiger partial charge in [-0.05, 0) is 17.0 Å². The molecular formula is C15H13ClO2. The van der Waals surface area contributed by atoms with Crippen LogP contribution in [-0.2, 0) is 10.7 Å². The van der Waals surface area contributed by atoms with E-state index in [1.807, 2.05) is 30.3 Å². The Balaban J connectivity index is 2.68. The van der Waals surface area contributed by atoms with Gasteiger partial charge in [0.25, 0.3) is 0 Å². The highest BCUT2D eigenvalue weighted by atomic mass is 35.5. The number of carbonyl (C=O) groups excluding carboxylic acids is 1. The number of hydrogen-bond acceptors (Lipinski definition) is 2. The van der Waals surface area contributed by atoms with Crippen LogP contribution in [0.4, 0.5) is 0 Å². The molecule has 0 amide bonds. The summed E-state index contributed by atoms with van der Waals surface area (Å²) in [6.07, 6.45) is 1.78. The normalized spacial score (nSPS) is 10.3. The second kappa shape index (κ2) is 5.23. The van der Waals surface area contributed by atoms with Crippen LogP contribution < -0.4 is 4.74 Å². The second-order valence-corrected chi connectivity index (χ2v) is 4.23. The molecule has 18 heavy (non-hydrogen) atoms.